The molecule has 1 atom stereocenters. The van der Waals surface area contributed by atoms with Gasteiger partial charge in [0.2, 0.25) is 0 Å². The summed E-state index contributed by atoms with van der Waals surface area (Å²) in [4.78, 5) is 26.7. The van der Waals surface area contributed by atoms with E-state index < -0.39 is 0 Å². The maximum absolute atomic E-state index is 12.0. The van der Waals surface area contributed by atoms with Crippen LogP contribution in [0.2, 0.25) is 0 Å². The lowest BCUT2D eigenvalue weighted by atomic mass is 10.1. The van der Waals surface area contributed by atoms with E-state index in [2.05, 4.69) is 10.3 Å². The fourth-order valence-electron chi connectivity index (χ4n) is 1.65. The van der Waals surface area contributed by atoms with Gasteiger partial charge in [-0.05, 0) is 18.6 Å². The smallest absolute Gasteiger partial charge is 0.302 e. The van der Waals surface area contributed by atoms with Crippen LogP contribution < -0.4 is 5.32 Å². The summed E-state index contributed by atoms with van der Waals surface area (Å²) in [6.07, 6.45) is 2.76. The zero-order chi connectivity index (χ0) is 14.8. The summed E-state index contributed by atoms with van der Waals surface area (Å²) < 4.78 is 9.91. The van der Waals surface area contributed by atoms with Crippen LogP contribution in [0.1, 0.15) is 30.3 Å². The lowest BCUT2D eigenvalue weighted by Gasteiger charge is -2.18. The summed E-state index contributed by atoms with van der Waals surface area (Å²) in [5.41, 5.74) is 0.363. The molecule has 6 nitrogen and oxygen atoms in total. The molecule has 1 amide bonds. The first-order valence-corrected chi connectivity index (χ1v) is 6.47. The summed E-state index contributed by atoms with van der Waals surface area (Å²) in [6.45, 7) is 2.15. The molecule has 1 rings (SSSR count). The van der Waals surface area contributed by atoms with E-state index in [4.69, 9.17) is 9.47 Å². The van der Waals surface area contributed by atoms with Gasteiger partial charge < -0.3 is 14.8 Å². The second-order valence-corrected chi connectivity index (χ2v) is 4.30. The Morgan fingerprint density at radius 1 is 1.30 bits per heavy atom. The Hall–Kier alpha value is -1.95. The van der Waals surface area contributed by atoms with Crippen molar-refractivity contribution in [2.45, 2.75) is 25.8 Å². The van der Waals surface area contributed by atoms with Gasteiger partial charge in [0.05, 0.1) is 6.61 Å². The highest BCUT2D eigenvalue weighted by molar-refractivity contribution is 5.92. The highest BCUT2D eigenvalue weighted by Crippen LogP contribution is 2.02. The molecule has 1 aromatic rings. The Morgan fingerprint density at radius 3 is 2.65 bits per heavy atom. The molecule has 1 N–H and O–H groups in total. The lowest BCUT2D eigenvalue weighted by molar-refractivity contribution is -0.141. The van der Waals surface area contributed by atoms with Crippen molar-refractivity contribution < 1.29 is 19.1 Å². The maximum atomic E-state index is 12.0. The van der Waals surface area contributed by atoms with Crippen molar-refractivity contribution >= 4 is 11.9 Å². The third-order valence-electron chi connectivity index (χ3n) is 2.67. The first-order chi connectivity index (χ1) is 9.63. The van der Waals surface area contributed by atoms with Gasteiger partial charge in [-0.25, -0.2) is 0 Å². The number of carbonyl (C=O) groups excluding carboxylic acids is 2. The number of pyridine rings is 1. The zero-order valence-electron chi connectivity index (χ0n) is 11.8. The van der Waals surface area contributed by atoms with Gasteiger partial charge in [-0.2, -0.15) is 0 Å². The van der Waals surface area contributed by atoms with Crippen LogP contribution in [0.5, 0.6) is 0 Å². The number of nitrogens with zero attached hydrogens (tertiary/aromatic N) is 1. The average Bonchev–Trinajstić information content (AvgIpc) is 2.45. The first-order valence-electron chi connectivity index (χ1n) is 6.47. The predicted octanol–water partition coefficient (Wildman–Crippen LogP) is 1.17. The van der Waals surface area contributed by atoms with E-state index in [1.54, 1.807) is 31.5 Å². The standard InChI is InChI=1S/C14H20N2O4/c1-11(17)20-10-7-12(6-9-19-2)16-14(18)13-5-3-4-8-15-13/h3-5,8,12H,6-7,9-10H2,1-2H3,(H,16,18). The fraction of sp³-hybridized carbons (Fsp3) is 0.500. The van der Waals surface area contributed by atoms with Gasteiger partial charge in [0.25, 0.3) is 5.91 Å². The molecule has 1 aromatic heterocycles. The number of amides is 1. The van der Waals surface area contributed by atoms with Gasteiger partial charge >= 0.3 is 5.97 Å². The highest BCUT2D eigenvalue weighted by Gasteiger charge is 2.14. The number of ether oxygens (including phenoxy) is 2. The van der Waals surface area contributed by atoms with Crippen molar-refractivity contribution in [1.82, 2.24) is 10.3 Å². The van der Waals surface area contributed by atoms with E-state index in [1.165, 1.54) is 6.92 Å². The summed E-state index contributed by atoms with van der Waals surface area (Å²) in [5, 5.41) is 2.87. The van der Waals surface area contributed by atoms with Gasteiger partial charge in [-0.1, -0.05) is 6.07 Å². The maximum Gasteiger partial charge on any atom is 0.302 e. The molecule has 0 aromatic carbocycles. The molecule has 0 saturated carbocycles. The van der Waals surface area contributed by atoms with Crippen molar-refractivity contribution in [2.24, 2.45) is 0 Å². The molecule has 1 heterocycles. The molecule has 0 saturated heterocycles. The van der Waals surface area contributed by atoms with Crippen LogP contribution in [0.3, 0.4) is 0 Å². The number of methoxy groups -OCH3 is 1. The van der Waals surface area contributed by atoms with E-state index in [0.717, 1.165) is 0 Å². The molecule has 0 aliphatic carbocycles. The molecule has 1 unspecified atom stereocenters. The van der Waals surface area contributed by atoms with Crippen LogP contribution in [0, 0.1) is 0 Å². The molecular weight excluding hydrogens is 260 g/mol. The molecule has 0 bridgehead atoms. The minimum atomic E-state index is -0.327. The number of hydrogen-bond acceptors (Lipinski definition) is 5. The van der Waals surface area contributed by atoms with E-state index >= 15 is 0 Å². The van der Waals surface area contributed by atoms with E-state index in [1.807, 2.05) is 0 Å². The van der Waals surface area contributed by atoms with Crippen molar-refractivity contribution in [1.29, 1.82) is 0 Å². The Bertz CT molecular complexity index is 422. The Morgan fingerprint density at radius 2 is 2.05 bits per heavy atom. The quantitative estimate of drug-likeness (QED) is 0.723. The monoisotopic (exact) mass is 280 g/mol. The van der Waals surface area contributed by atoms with Crippen LogP contribution in [0.4, 0.5) is 0 Å². The Balaban J connectivity index is 2.50. The average molecular weight is 280 g/mol. The summed E-state index contributed by atoms with van der Waals surface area (Å²) in [5.74, 6) is -0.568. The summed E-state index contributed by atoms with van der Waals surface area (Å²) in [7, 11) is 1.60. The first kappa shape index (κ1) is 16.1. The second kappa shape index (κ2) is 9.03. The predicted molar refractivity (Wildman–Crippen MR) is 73.2 cm³/mol. The third-order valence-corrected chi connectivity index (χ3v) is 2.67. The molecule has 0 aliphatic heterocycles. The van der Waals surface area contributed by atoms with Gasteiger partial charge in [0.1, 0.15) is 5.69 Å². The molecule has 20 heavy (non-hydrogen) atoms. The van der Waals surface area contributed by atoms with Crippen LogP contribution in [0.15, 0.2) is 24.4 Å². The topological polar surface area (TPSA) is 77.5 Å². The van der Waals surface area contributed by atoms with Crippen LogP contribution in [-0.2, 0) is 14.3 Å². The molecule has 110 valence electrons. The molecular formula is C14H20N2O4. The Kier molecular flexibility index (Phi) is 7.27. The van der Waals surface area contributed by atoms with Crippen LogP contribution in [-0.4, -0.2) is 43.2 Å². The van der Waals surface area contributed by atoms with Crippen molar-refractivity contribution in [3.05, 3.63) is 30.1 Å². The van der Waals surface area contributed by atoms with E-state index in [0.29, 0.717) is 25.1 Å². The fourth-order valence-corrected chi connectivity index (χ4v) is 1.65. The Labute approximate surface area is 118 Å². The largest absolute Gasteiger partial charge is 0.466 e. The molecule has 0 aliphatic rings. The van der Waals surface area contributed by atoms with Crippen molar-refractivity contribution in [3.63, 3.8) is 0 Å². The molecule has 0 spiro atoms. The summed E-state index contributed by atoms with van der Waals surface area (Å²) in [6, 6.07) is 5.03. The second-order valence-electron chi connectivity index (χ2n) is 4.30. The third kappa shape index (κ3) is 6.29. The van der Waals surface area contributed by atoms with E-state index in [-0.39, 0.29) is 24.5 Å². The molecule has 0 fully saturated rings. The number of esters is 1. The SMILES string of the molecule is COCCC(CCOC(C)=O)NC(=O)c1ccccn1. The lowest BCUT2D eigenvalue weighted by Crippen LogP contribution is -2.37. The number of nitrogens with one attached hydrogen (secondary N) is 1. The molecule has 6 heteroatoms. The molecule has 0 radical (unpaired) electrons. The van der Waals surface area contributed by atoms with Crippen molar-refractivity contribution in [2.75, 3.05) is 20.3 Å². The minimum absolute atomic E-state index is 0.121. The van der Waals surface area contributed by atoms with Gasteiger partial charge in [-0.3, -0.25) is 14.6 Å². The minimum Gasteiger partial charge on any atom is -0.466 e. The zero-order valence-corrected chi connectivity index (χ0v) is 11.8. The van der Waals surface area contributed by atoms with Gasteiger partial charge in [0.15, 0.2) is 0 Å². The summed E-state index contributed by atoms with van der Waals surface area (Å²) >= 11 is 0. The number of hydrogen-bond donors (Lipinski definition) is 1. The van der Waals surface area contributed by atoms with Crippen molar-refractivity contribution in [3.8, 4) is 0 Å². The van der Waals surface area contributed by atoms with Gasteiger partial charge in [0, 0.05) is 39.3 Å². The number of rotatable bonds is 8. The number of aromatic nitrogens is 1. The van der Waals surface area contributed by atoms with Crippen LogP contribution in [0.25, 0.3) is 0 Å². The van der Waals surface area contributed by atoms with Gasteiger partial charge in [-0.15, -0.1) is 0 Å². The highest BCUT2D eigenvalue weighted by atomic mass is 16.5. The van der Waals surface area contributed by atoms with Crippen LogP contribution >= 0.6 is 0 Å². The number of carbonyl (C=O) groups is 2. The van der Waals surface area contributed by atoms with E-state index in [9.17, 15) is 9.59 Å². The normalized spacial score (nSPS) is 11.7.